The van der Waals surface area contributed by atoms with Gasteiger partial charge in [-0.05, 0) is 12.1 Å². The number of aromatic nitrogens is 2. The van der Waals surface area contributed by atoms with Crippen LogP contribution < -0.4 is 22.1 Å². The molecule has 5 nitrogen and oxygen atoms in total. The van der Waals surface area contributed by atoms with Gasteiger partial charge in [0.1, 0.15) is 0 Å². The minimum atomic E-state index is 0.330. The van der Waals surface area contributed by atoms with Crippen molar-refractivity contribution in [2.75, 3.05) is 17.4 Å². The summed E-state index contributed by atoms with van der Waals surface area (Å²) in [6, 6.07) is 7.47. The number of para-hydroxylation sites is 2. The van der Waals surface area contributed by atoms with Crippen LogP contribution in [-0.2, 0) is 0 Å². The Hall–Kier alpha value is -1.91. The van der Waals surface area contributed by atoms with Gasteiger partial charge in [0, 0.05) is 0 Å². The van der Waals surface area contributed by atoms with Crippen LogP contribution in [0.1, 0.15) is 0 Å². The number of anilines is 1. The van der Waals surface area contributed by atoms with Gasteiger partial charge in [0.05, 0.1) is 0 Å². The molecule has 0 saturated carbocycles. The van der Waals surface area contributed by atoms with Crippen LogP contribution in [-0.4, -0.2) is 4.68 Å². The molecule has 1 heterocycles. The lowest BCUT2D eigenvalue weighted by atomic mass is 10.3. The summed E-state index contributed by atoms with van der Waals surface area (Å²) in [6.07, 6.45) is 0. The zero-order valence-electron chi connectivity index (χ0n) is 6.44. The van der Waals surface area contributed by atoms with Crippen LogP contribution in [0.5, 0.6) is 0 Å². The lowest BCUT2D eigenvalue weighted by molar-refractivity contribution is -0.596. The van der Waals surface area contributed by atoms with Crippen molar-refractivity contribution in [3.63, 3.8) is 0 Å². The van der Waals surface area contributed by atoms with Crippen LogP contribution in [0.3, 0.4) is 0 Å². The van der Waals surface area contributed by atoms with Gasteiger partial charge in [-0.25, -0.2) is 0 Å². The highest BCUT2D eigenvalue weighted by Crippen LogP contribution is 2.10. The number of hydrogen-bond acceptors (Lipinski definition) is 3. The van der Waals surface area contributed by atoms with Gasteiger partial charge in [-0.15, -0.1) is 9.35 Å². The molecule has 2 rings (SSSR count). The number of rotatable bonds is 0. The molecule has 0 aliphatic carbocycles. The Morgan fingerprint density at radius 3 is 2.58 bits per heavy atom. The third kappa shape index (κ3) is 0.646. The highest BCUT2D eigenvalue weighted by molar-refractivity contribution is 5.73. The van der Waals surface area contributed by atoms with Crippen LogP contribution in [0.25, 0.3) is 11.0 Å². The first-order valence-electron chi connectivity index (χ1n) is 3.53. The van der Waals surface area contributed by atoms with Crippen molar-refractivity contribution in [2.45, 2.75) is 0 Å². The average molecular weight is 164 g/mol. The summed E-state index contributed by atoms with van der Waals surface area (Å²) in [6.45, 7) is 0. The smallest absolute Gasteiger partial charge is 0.289 e. The number of nitrogens with zero attached hydrogens (tertiary/aromatic N) is 2. The highest BCUT2D eigenvalue weighted by atomic mass is 15.5. The monoisotopic (exact) mass is 164 g/mol. The molecule has 0 spiro atoms. The Balaban J connectivity index is 2.99. The molecule has 12 heavy (non-hydrogen) atoms. The molecule has 0 aliphatic heterocycles. The second kappa shape index (κ2) is 2.04. The normalized spacial score (nSPS) is 10.7. The van der Waals surface area contributed by atoms with Crippen LogP contribution in [0, 0.1) is 0 Å². The van der Waals surface area contributed by atoms with Gasteiger partial charge in [0.15, 0.2) is 11.0 Å². The van der Waals surface area contributed by atoms with E-state index < -0.39 is 0 Å². The molecular weight excluding hydrogens is 154 g/mol. The number of benzene rings is 1. The van der Waals surface area contributed by atoms with Gasteiger partial charge in [-0.2, -0.15) is 0 Å². The van der Waals surface area contributed by atoms with E-state index in [0.29, 0.717) is 5.95 Å². The van der Waals surface area contributed by atoms with E-state index in [9.17, 15) is 0 Å². The van der Waals surface area contributed by atoms with E-state index in [1.807, 2.05) is 24.3 Å². The largest absolute Gasteiger partial charge is 0.399 e. The zero-order valence-corrected chi connectivity index (χ0v) is 6.44. The maximum atomic E-state index is 5.63. The van der Waals surface area contributed by atoms with Gasteiger partial charge >= 0.3 is 5.95 Å². The van der Waals surface area contributed by atoms with Crippen molar-refractivity contribution >= 4 is 17.0 Å². The maximum absolute atomic E-state index is 5.63. The molecule has 0 bridgehead atoms. The predicted molar refractivity (Wildman–Crippen MR) is 46.8 cm³/mol. The van der Waals surface area contributed by atoms with Crippen molar-refractivity contribution < 1.29 is 4.68 Å². The second-order valence-corrected chi connectivity index (χ2v) is 2.59. The Labute approximate surface area is 68.9 Å². The third-order valence-corrected chi connectivity index (χ3v) is 1.89. The lowest BCUT2D eigenvalue weighted by Gasteiger charge is -1.86. The average Bonchev–Trinajstić information content (AvgIpc) is 2.33. The van der Waals surface area contributed by atoms with Gasteiger partial charge < -0.3 is 0 Å². The number of imidazole rings is 1. The molecule has 0 aliphatic rings. The summed E-state index contributed by atoms with van der Waals surface area (Å²) in [5.41, 5.74) is 7.22. The summed E-state index contributed by atoms with van der Waals surface area (Å²) in [5.74, 6) is 11.6. The first-order valence-corrected chi connectivity index (χ1v) is 3.53. The topological polar surface area (TPSA) is 86.9 Å². The molecule has 1 aromatic heterocycles. The van der Waals surface area contributed by atoms with E-state index in [4.69, 9.17) is 17.4 Å². The summed E-state index contributed by atoms with van der Waals surface area (Å²) in [5, 5.41) is 0. The van der Waals surface area contributed by atoms with Crippen molar-refractivity contribution in [3.05, 3.63) is 24.3 Å². The van der Waals surface area contributed by atoms with Crippen LogP contribution in [0.4, 0.5) is 5.95 Å². The Bertz CT molecular complexity index is 392. The van der Waals surface area contributed by atoms with Crippen molar-refractivity contribution in [1.82, 2.24) is 4.68 Å². The lowest BCUT2D eigenvalue weighted by Crippen LogP contribution is -2.46. The number of hydrogen-bond donors (Lipinski definition) is 3. The highest BCUT2D eigenvalue weighted by Gasteiger charge is 2.15. The zero-order chi connectivity index (χ0) is 8.72. The first-order chi connectivity index (χ1) is 5.72. The molecule has 0 amide bonds. The maximum Gasteiger partial charge on any atom is 0.399 e. The summed E-state index contributed by atoms with van der Waals surface area (Å²) in [4.78, 5) is 0. The van der Waals surface area contributed by atoms with Gasteiger partial charge in [-0.3, -0.25) is 17.4 Å². The molecule has 0 fully saturated rings. The molecular formula is C7H10N5+. The molecule has 2 aromatic rings. The van der Waals surface area contributed by atoms with Crippen LogP contribution in [0.15, 0.2) is 24.3 Å². The minimum absolute atomic E-state index is 0.330. The van der Waals surface area contributed by atoms with Crippen molar-refractivity contribution in [3.8, 4) is 0 Å². The number of nitrogens with two attached hydrogens (primary N) is 3. The fraction of sp³-hybridized carbons (Fsp3) is 0. The Kier molecular flexibility index (Phi) is 1.15. The third-order valence-electron chi connectivity index (χ3n) is 1.89. The summed E-state index contributed by atoms with van der Waals surface area (Å²) >= 11 is 0. The van der Waals surface area contributed by atoms with E-state index in [1.54, 1.807) is 0 Å². The fourth-order valence-electron chi connectivity index (χ4n) is 1.23. The van der Waals surface area contributed by atoms with E-state index in [0.717, 1.165) is 11.0 Å². The quantitative estimate of drug-likeness (QED) is 0.342. The van der Waals surface area contributed by atoms with Crippen molar-refractivity contribution in [2.24, 2.45) is 0 Å². The molecule has 0 saturated heterocycles. The van der Waals surface area contributed by atoms with Crippen molar-refractivity contribution in [1.29, 1.82) is 0 Å². The molecule has 6 N–H and O–H groups in total. The van der Waals surface area contributed by atoms with Gasteiger partial charge in [0.25, 0.3) is 0 Å². The molecule has 0 unspecified atom stereocenters. The summed E-state index contributed by atoms with van der Waals surface area (Å²) < 4.78 is 2.71. The van der Waals surface area contributed by atoms with Crippen LogP contribution in [0.2, 0.25) is 0 Å². The van der Waals surface area contributed by atoms with E-state index in [-0.39, 0.29) is 0 Å². The predicted octanol–water partition coefficient (Wildman–Crippen LogP) is -1.06. The second-order valence-electron chi connectivity index (χ2n) is 2.59. The SMILES string of the molecule is Nc1n(N)c2ccccc2[n+]1N. The summed E-state index contributed by atoms with van der Waals surface area (Å²) in [7, 11) is 0. The molecule has 0 radical (unpaired) electrons. The molecule has 0 atom stereocenters. The minimum Gasteiger partial charge on any atom is -0.289 e. The molecule has 62 valence electrons. The van der Waals surface area contributed by atoms with E-state index in [1.165, 1.54) is 9.35 Å². The Morgan fingerprint density at radius 2 is 1.92 bits per heavy atom. The van der Waals surface area contributed by atoms with Crippen LogP contribution >= 0.6 is 0 Å². The van der Waals surface area contributed by atoms with Gasteiger partial charge in [0.2, 0.25) is 0 Å². The van der Waals surface area contributed by atoms with E-state index >= 15 is 0 Å². The number of nitrogen functional groups attached to an aromatic ring is 3. The van der Waals surface area contributed by atoms with Gasteiger partial charge in [-0.1, -0.05) is 12.1 Å². The first kappa shape index (κ1) is 6.78. The molecule has 5 heteroatoms. The molecule has 1 aromatic carbocycles. The Morgan fingerprint density at radius 1 is 1.25 bits per heavy atom. The fourth-order valence-corrected chi connectivity index (χ4v) is 1.23. The standard InChI is InChI=1S/C7H9N5/c8-7-11(9)5-3-1-2-4-6(5)12(7)10/h1-4,8H,9-10H2/p+1. The number of fused-ring (bicyclic) bond motifs is 1. The van der Waals surface area contributed by atoms with E-state index in [2.05, 4.69) is 0 Å².